The third-order valence-corrected chi connectivity index (χ3v) is 5.79. The zero-order valence-electron chi connectivity index (χ0n) is 16.4. The Bertz CT molecular complexity index is 977. The van der Waals surface area contributed by atoms with Crippen LogP contribution in [0, 0.1) is 10.8 Å². The second kappa shape index (κ2) is 8.90. The molecule has 1 aromatic heterocycles. The van der Waals surface area contributed by atoms with E-state index in [-0.39, 0.29) is 5.92 Å². The van der Waals surface area contributed by atoms with Gasteiger partial charge in [-0.15, -0.1) is 5.10 Å². The van der Waals surface area contributed by atoms with Crippen LogP contribution >= 0.6 is 12.2 Å². The normalized spacial score (nSPS) is 16.6. The van der Waals surface area contributed by atoms with Crippen LogP contribution in [0.25, 0.3) is 11.5 Å². The van der Waals surface area contributed by atoms with E-state index >= 15 is 0 Å². The van der Waals surface area contributed by atoms with E-state index in [1.165, 1.54) is 0 Å². The van der Waals surface area contributed by atoms with E-state index in [0.29, 0.717) is 17.4 Å². The Kier molecular flexibility index (Phi) is 6.08. The van der Waals surface area contributed by atoms with Crippen molar-refractivity contribution in [1.82, 2.24) is 14.7 Å². The minimum absolute atomic E-state index is 0.272. The van der Waals surface area contributed by atoms with Crippen LogP contribution in [0.4, 0.5) is 0 Å². The van der Waals surface area contributed by atoms with Gasteiger partial charge in [-0.2, -0.15) is 0 Å². The average Bonchev–Trinajstić information content (AvgIpc) is 3.14. The summed E-state index contributed by atoms with van der Waals surface area (Å²) in [4.78, 5) is 2.66. The Morgan fingerprint density at radius 2 is 1.83 bits per heavy atom. The number of methoxy groups -OCH3 is 1. The molecule has 4 rings (SSSR count). The summed E-state index contributed by atoms with van der Waals surface area (Å²) in [5.41, 5.74) is 1.86. The Morgan fingerprint density at radius 3 is 2.48 bits per heavy atom. The zero-order chi connectivity index (χ0) is 20.2. The molecule has 0 bridgehead atoms. The van der Waals surface area contributed by atoms with E-state index in [1.54, 1.807) is 11.8 Å². The fourth-order valence-corrected chi connectivity index (χ4v) is 3.95. The largest absolute Gasteiger partial charge is 0.497 e. The predicted octanol–water partition coefficient (Wildman–Crippen LogP) is 4.28. The second-order valence-corrected chi connectivity index (χ2v) is 7.70. The summed E-state index contributed by atoms with van der Waals surface area (Å²) in [6.45, 7) is 2.37. The van der Waals surface area contributed by atoms with Crippen molar-refractivity contribution in [3.8, 4) is 17.2 Å². The van der Waals surface area contributed by atoms with Gasteiger partial charge >= 0.3 is 0 Å². The number of aromatic nitrogens is 2. The lowest BCUT2D eigenvalue weighted by Crippen LogP contribution is -2.37. The molecule has 29 heavy (non-hydrogen) atoms. The molecule has 152 valence electrons. The number of hydrogen-bond acceptors (Lipinski definition) is 6. The number of benzene rings is 2. The van der Waals surface area contributed by atoms with Crippen molar-refractivity contribution >= 4 is 12.2 Å². The number of aliphatic hydroxyl groups excluding tert-OH is 1. The molecule has 1 saturated heterocycles. The Labute approximate surface area is 175 Å². The molecule has 2 aromatic carbocycles. The summed E-state index contributed by atoms with van der Waals surface area (Å²) in [6, 6.07) is 17.5. The van der Waals surface area contributed by atoms with Gasteiger partial charge in [0.2, 0.25) is 5.89 Å². The maximum absolute atomic E-state index is 10.7. The smallest absolute Gasteiger partial charge is 0.288 e. The van der Waals surface area contributed by atoms with Gasteiger partial charge in [-0.1, -0.05) is 30.3 Å². The van der Waals surface area contributed by atoms with Crippen molar-refractivity contribution in [1.29, 1.82) is 0 Å². The van der Waals surface area contributed by atoms with E-state index in [1.807, 2.05) is 54.6 Å². The lowest BCUT2D eigenvalue weighted by molar-refractivity contribution is 0.0476. The van der Waals surface area contributed by atoms with Gasteiger partial charge in [0.25, 0.3) is 4.84 Å². The van der Waals surface area contributed by atoms with Crippen LogP contribution in [-0.2, 0) is 6.67 Å². The number of rotatable bonds is 6. The van der Waals surface area contributed by atoms with Gasteiger partial charge < -0.3 is 14.3 Å². The van der Waals surface area contributed by atoms with E-state index in [2.05, 4.69) is 10.00 Å². The zero-order valence-corrected chi connectivity index (χ0v) is 17.2. The molecule has 2 heterocycles. The SMILES string of the molecule is COc1ccc(-c2nn(CN3CCC(C(O)c4ccccc4)CC3)c(=S)o2)cc1. The van der Waals surface area contributed by atoms with Gasteiger partial charge in [0.05, 0.1) is 19.9 Å². The van der Waals surface area contributed by atoms with E-state index in [9.17, 15) is 5.11 Å². The van der Waals surface area contributed by atoms with Crippen molar-refractivity contribution in [3.63, 3.8) is 0 Å². The van der Waals surface area contributed by atoms with Gasteiger partial charge in [0.1, 0.15) is 5.75 Å². The third-order valence-electron chi connectivity index (χ3n) is 5.50. The number of hydrogen-bond donors (Lipinski definition) is 1. The summed E-state index contributed by atoms with van der Waals surface area (Å²) in [6.07, 6.45) is 1.47. The molecule has 1 aliphatic heterocycles. The number of ether oxygens (including phenoxy) is 1. The highest BCUT2D eigenvalue weighted by atomic mass is 32.1. The Balaban J connectivity index is 1.37. The minimum atomic E-state index is -0.408. The summed E-state index contributed by atoms with van der Waals surface area (Å²) >= 11 is 5.36. The predicted molar refractivity (Wildman–Crippen MR) is 113 cm³/mol. The monoisotopic (exact) mass is 411 g/mol. The lowest BCUT2D eigenvalue weighted by atomic mass is 9.87. The number of nitrogens with zero attached hydrogens (tertiary/aromatic N) is 3. The molecular weight excluding hydrogens is 386 g/mol. The average molecular weight is 412 g/mol. The summed E-state index contributed by atoms with van der Waals surface area (Å²) in [7, 11) is 1.64. The highest BCUT2D eigenvalue weighted by molar-refractivity contribution is 7.71. The molecule has 1 aliphatic rings. The molecular formula is C22H25N3O3S. The standard InChI is InChI=1S/C22H25N3O3S/c1-27-19-9-7-18(8-10-19)21-23-25(22(29)28-21)15-24-13-11-17(12-14-24)20(26)16-5-3-2-4-6-16/h2-10,17,20,26H,11-15H2,1H3. The van der Waals surface area contributed by atoms with Gasteiger partial charge in [-0.25, -0.2) is 4.68 Å². The van der Waals surface area contributed by atoms with Gasteiger partial charge in [-0.3, -0.25) is 4.90 Å². The first-order chi connectivity index (χ1) is 14.1. The molecule has 0 amide bonds. The van der Waals surface area contributed by atoms with Gasteiger partial charge in [-0.05, 0) is 60.8 Å². The van der Waals surface area contributed by atoms with Crippen LogP contribution in [0.15, 0.2) is 59.0 Å². The number of piperidine rings is 1. The van der Waals surface area contributed by atoms with Crippen molar-refractivity contribution in [3.05, 3.63) is 65.0 Å². The molecule has 1 atom stereocenters. The van der Waals surface area contributed by atoms with Crippen molar-refractivity contribution in [2.24, 2.45) is 5.92 Å². The van der Waals surface area contributed by atoms with Crippen LogP contribution in [0.1, 0.15) is 24.5 Å². The van der Waals surface area contributed by atoms with Crippen LogP contribution in [0.2, 0.25) is 0 Å². The maximum atomic E-state index is 10.7. The van der Waals surface area contributed by atoms with Crippen LogP contribution < -0.4 is 4.74 Å². The molecule has 0 saturated carbocycles. The molecule has 7 heteroatoms. The van der Waals surface area contributed by atoms with Crippen molar-refractivity contribution in [2.45, 2.75) is 25.6 Å². The number of likely N-dealkylation sites (tertiary alicyclic amines) is 1. The Morgan fingerprint density at radius 1 is 1.14 bits per heavy atom. The van der Waals surface area contributed by atoms with E-state index in [0.717, 1.165) is 42.8 Å². The minimum Gasteiger partial charge on any atom is -0.497 e. The first kappa shape index (κ1) is 19.8. The molecule has 1 unspecified atom stereocenters. The number of aliphatic hydroxyl groups is 1. The molecule has 0 radical (unpaired) electrons. The summed E-state index contributed by atoms with van der Waals surface area (Å²) in [5.74, 6) is 1.56. The molecule has 1 N–H and O–H groups in total. The van der Waals surface area contributed by atoms with Crippen LogP contribution in [0.5, 0.6) is 5.75 Å². The first-order valence-corrected chi connectivity index (χ1v) is 10.2. The molecule has 1 fully saturated rings. The third kappa shape index (κ3) is 4.58. The van der Waals surface area contributed by atoms with Gasteiger partial charge in [0, 0.05) is 18.7 Å². The summed E-state index contributed by atoms with van der Waals surface area (Å²) < 4.78 is 12.6. The van der Waals surface area contributed by atoms with Crippen molar-refractivity contribution in [2.75, 3.05) is 20.2 Å². The fourth-order valence-electron chi connectivity index (χ4n) is 3.77. The molecule has 3 aromatic rings. The lowest BCUT2D eigenvalue weighted by Gasteiger charge is -2.34. The van der Waals surface area contributed by atoms with E-state index < -0.39 is 6.10 Å². The fraction of sp³-hybridized carbons (Fsp3) is 0.364. The van der Waals surface area contributed by atoms with Crippen molar-refractivity contribution < 1.29 is 14.3 Å². The quantitative estimate of drug-likeness (QED) is 0.611. The summed E-state index contributed by atoms with van der Waals surface area (Å²) in [5, 5.41) is 15.2. The first-order valence-electron chi connectivity index (χ1n) is 9.82. The Hall–Kier alpha value is -2.48. The molecule has 0 spiro atoms. The van der Waals surface area contributed by atoms with E-state index in [4.69, 9.17) is 21.4 Å². The van der Waals surface area contributed by atoms with Gasteiger partial charge in [0.15, 0.2) is 0 Å². The highest BCUT2D eigenvalue weighted by Gasteiger charge is 2.26. The molecule has 6 nitrogen and oxygen atoms in total. The highest BCUT2D eigenvalue weighted by Crippen LogP contribution is 2.31. The molecule has 0 aliphatic carbocycles. The maximum Gasteiger partial charge on any atom is 0.288 e. The van der Waals surface area contributed by atoms with Crippen LogP contribution in [0.3, 0.4) is 0 Å². The topological polar surface area (TPSA) is 63.7 Å². The van der Waals surface area contributed by atoms with Crippen LogP contribution in [-0.4, -0.2) is 40.0 Å². The second-order valence-electron chi connectivity index (χ2n) is 7.35.